The van der Waals surface area contributed by atoms with Crippen molar-refractivity contribution in [3.63, 3.8) is 0 Å². The predicted molar refractivity (Wildman–Crippen MR) is 51.5 cm³/mol. The van der Waals surface area contributed by atoms with Crippen molar-refractivity contribution in [1.29, 1.82) is 0 Å². The molecule has 0 saturated heterocycles. The second-order valence-electron chi connectivity index (χ2n) is 3.08. The van der Waals surface area contributed by atoms with Gasteiger partial charge in [0.15, 0.2) is 11.6 Å². The van der Waals surface area contributed by atoms with Crippen molar-refractivity contribution < 1.29 is 18.6 Å². The van der Waals surface area contributed by atoms with Gasteiger partial charge in [-0.2, -0.15) is 4.39 Å². The summed E-state index contributed by atoms with van der Waals surface area (Å²) in [6.45, 7) is 0.253. The van der Waals surface area contributed by atoms with Crippen molar-refractivity contribution in [2.24, 2.45) is 5.73 Å². The number of rotatable bonds is 4. The molecule has 3 N–H and O–H groups in total. The van der Waals surface area contributed by atoms with E-state index in [1.54, 1.807) is 0 Å². The summed E-state index contributed by atoms with van der Waals surface area (Å²) in [4.78, 5) is 0. The molecule has 1 aromatic rings. The van der Waals surface area contributed by atoms with Crippen LogP contribution in [0.15, 0.2) is 12.1 Å². The predicted octanol–water partition coefficient (Wildman–Crippen LogP) is 1.36. The Morgan fingerprint density at radius 1 is 1.47 bits per heavy atom. The van der Waals surface area contributed by atoms with Crippen molar-refractivity contribution in [3.8, 4) is 5.75 Å². The lowest BCUT2D eigenvalue weighted by molar-refractivity contribution is 0.164. The summed E-state index contributed by atoms with van der Waals surface area (Å²) in [5, 5.41) is 9.60. The van der Waals surface area contributed by atoms with E-state index in [0.29, 0.717) is 0 Å². The van der Waals surface area contributed by atoms with Gasteiger partial charge in [0.1, 0.15) is 0 Å². The average molecular weight is 217 g/mol. The van der Waals surface area contributed by atoms with Gasteiger partial charge in [0.05, 0.1) is 13.2 Å². The highest BCUT2D eigenvalue weighted by molar-refractivity contribution is 5.37. The second-order valence-corrected chi connectivity index (χ2v) is 3.08. The van der Waals surface area contributed by atoms with E-state index in [1.807, 2.05) is 0 Å². The first-order chi connectivity index (χ1) is 7.11. The Balaban J connectivity index is 3.12. The molecule has 84 valence electrons. The average Bonchev–Trinajstić information content (AvgIpc) is 2.22. The minimum atomic E-state index is -1.09. The molecule has 0 fully saturated rings. The van der Waals surface area contributed by atoms with Crippen LogP contribution in [-0.4, -0.2) is 18.8 Å². The van der Waals surface area contributed by atoms with Gasteiger partial charge in [-0.05, 0) is 25.1 Å². The number of ether oxygens (including phenoxy) is 1. The number of methoxy groups -OCH3 is 1. The lowest BCUT2D eigenvalue weighted by Gasteiger charge is -2.14. The Labute approximate surface area is 86.5 Å². The van der Waals surface area contributed by atoms with Crippen LogP contribution in [0.4, 0.5) is 8.78 Å². The van der Waals surface area contributed by atoms with Gasteiger partial charge in [0.2, 0.25) is 5.82 Å². The zero-order valence-electron chi connectivity index (χ0n) is 8.34. The van der Waals surface area contributed by atoms with Gasteiger partial charge < -0.3 is 15.6 Å². The van der Waals surface area contributed by atoms with Crippen LogP contribution in [0.1, 0.15) is 18.1 Å². The van der Waals surface area contributed by atoms with Gasteiger partial charge in [-0.15, -0.1) is 0 Å². The molecule has 1 unspecified atom stereocenters. The number of hydrogen-bond acceptors (Lipinski definition) is 3. The summed E-state index contributed by atoms with van der Waals surface area (Å²) in [5.41, 5.74) is 5.47. The maximum atomic E-state index is 13.2. The van der Waals surface area contributed by atoms with Crippen molar-refractivity contribution in [1.82, 2.24) is 0 Å². The van der Waals surface area contributed by atoms with Crippen LogP contribution in [0.5, 0.6) is 5.75 Å². The Morgan fingerprint density at radius 2 is 2.13 bits per heavy atom. The normalized spacial score (nSPS) is 12.6. The third kappa shape index (κ3) is 2.43. The van der Waals surface area contributed by atoms with E-state index >= 15 is 0 Å². The molecule has 0 aliphatic rings. The molecule has 1 aromatic carbocycles. The van der Waals surface area contributed by atoms with Crippen LogP contribution in [0.3, 0.4) is 0 Å². The van der Waals surface area contributed by atoms with Gasteiger partial charge in [-0.25, -0.2) is 4.39 Å². The Kier molecular flexibility index (Phi) is 3.99. The smallest absolute Gasteiger partial charge is 0.200 e. The zero-order chi connectivity index (χ0) is 11.4. The summed E-state index contributed by atoms with van der Waals surface area (Å²) < 4.78 is 30.8. The monoisotopic (exact) mass is 217 g/mol. The van der Waals surface area contributed by atoms with Crippen molar-refractivity contribution >= 4 is 0 Å². The summed E-state index contributed by atoms with van der Waals surface area (Å²) in [6, 6.07) is 2.24. The molecular weight excluding hydrogens is 204 g/mol. The van der Waals surface area contributed by atoms with E-state index in [1.165, 1.54) is 13.2 Å². The highest BCUT2D eigenvalue weighted by Crippen LogP contribution is 2.30. The van der Waals surface area contributed by atoms with Crippen LogP contribution in [0.25, 0.3) is 0 Å². The molecular formula is C10H13F2NO2. The van der Waals surface area contributed by atoms with E-state index in [2.05, 4.69) is 0 Å². The molecule has 0 spiro atoms. The van der Waals surface area contributed by atoms with E-state index in [4.69, 9.17) is 10.5 Å². The number of aliphatic hydroxyl groups excluding tert-OH is 1. The summed E-state index contributed by atoms with van der Waals surface area (Å²) in [7, 11) is 1.22. The van der Waals surface area contributed by atoms with E-state index in [-0.39, 0.29) is 24.3 Å². The fourth-order valence-electron chi connectivity index (χ4n) is 1.33. The molecule has 0 radical (unpaired) electrons. The van der Waals surface area contributed by atoms with Crippen molar-refractivity contribution in [3.05, 3.63) is 29.3 Å². The quantitative estimate of drug-likeness (QED) is 0.800. The van der Waals surface area contributed by atoms with Gasteiger partial charge in [-0.3, -0.25) is 0 Å². The molecule has 15 heavy (non-hydrogen) atoms. The number of hydrogen-bond donors (Lipinski definition) is 2. The molecule has 0 heterocycles. The molecule has 0 aromatic heterocycles. The number of benzene rings is 1. The largest absolute Gasteiger partial charge is 0.493 e. The van der Waals surface area contributed by atoms with E-state index in [0.717, 1.165) is 6.07 Å². The first-order valence-electron chi connectivity index (χ1n) is 4.51. The standard InChI is InChI=1S/C10H13F2NO2/c1-15-10-6(8(14)4-5-13)2-3-7(11)9(10)12/h2-3,8,14H,4-5,13H2,1H3. The summed E-state index contributed by atoms with van der Waals surface area (Å²) in [6.07, 6.45) is -0.679. The summed E-state index contributed by atoms with van der Waals surface area (Å²) in [5.74, 6) is -2.36. The van der Waals surface area contributed by atoms with Crippen LogP contribution in [0.2, 0.25) is 0 Å². The number of aliphatic hydroxyl groups is 1. The minimum Gasteiger partial charge on any atom is -0.493 e. The minimum absolute atomic E-state index is 0.210. The Hall–Kier alpha value is -1.20. The highest BCUT2D eigenvalue weighted by atomic mass is 19.2. The summed E-state index contributed by atoms with van der Waals surface area (Å²) >= 11 is 0. The molecule has 3 nitrogen and oxygen atoms in total. The van der Waals surface area contributed by atoms with Crippen LogP contribution in [-0.2, 0) is 0 Å². The second kappa shape index (κ2) is 5.04. The lowest BCUT2D eigenvalue weighted by Crippen LogP contribution is -2.09. The van der Waals surface area contributed by atoms with E-state index in [9.17, 15) is 13.9 Å². The van der Waals surface area contributed by atoms with Gasteiger partial charge in [-0.1, -0.05) is 0 Å². The maximum Gasteiger partial charge on any atom is 0.200 e. The number of halogens is 2. The molecule has 1 atom stereocenters. The fraction of sp³-hybridized carbons (Fsp3) is 0.400. The topological polar surface area (TPSA) is 55.5 Å². The maximum absolute atomic E-state index is 13.2. The van der Waals surface area contributed by atoms with Gasteiger partial charge in [0.25, 0.3) is 0 Å². The van der Waals surface area contributed by atoms with Crippen LogP contribution < -0.4 is 10.5 Å². The molecule has 0 aliphatic carbocycles. The van der Waals surface area contributed by atoms with E-state index < -0.39 is 17.7 Å². The fourth-order valence-corrected chi connectivity index (χ4v) is 1.33. The highest BCUT2D eigenvalue weighted by Gasteiger charge is 2.19. The molecule has 0 saturated carbocycles. The SMILES string of the molecule is COc1c(C(O)CCN)ccc(F)c1F. The Morgan fingerprint density at radius 3 is 2.67 bits per heavy atom. The van der Waals surface area contributed by atoms with Gasteiger partial charge in [0, 0.05) is 5.56 Å². The first kappa shape index (κ1) is 11.9. The van der Waals surface area contributed by atoms with Crippen molar-refractivity contribution in [2.45, 2.75) is 12.5 Å². The lowest BCUT2D eigenvalue weighted by atomic mass is 10.1. The molecule has 1 rings (SSSR count). The Bertz CT molecular complexity index is 344. The van der Waals surface area contributed by atoms with Crippen LogP contribution >= 0.6 is 0 Å². The molecule has 5 heteroatoms. The molecule has 0 bridgehead atoms. The van der Waals surface area contributed by atoms with Crippen molar-refractivity contribution in [2.75, 3.05) is 13.7 Å². The molecule has 0 aliphatic heterocycles. The first-order valence-corrected chi connectivity index (χ1v) is 4.51. The third-order valence-corrected chi connectivity index (χ3v) is 2.08. The van der Waals surface area contributed by atoms with Gasteiger partial charge >= 0.3 is 0 Å². The third-order valence-electron chi connectivity index (χ3n) is 2.08. The number of nitrogens with two attached hydrogens (primary N) is 1. The molecule has 0 amide bonds. The zero-order valence-corrected chi connectivity index (χ0v) is 8.34. The van der Waals surface area contributed by atoms with Crippen LogP contribution in [0, 0.1) is 11.6 Å².